The van der Waals surface area contributed by atoms with Gasteiger partial charge in [0.1, 0.15) is 17.3 Å². The van der Waals surface area contributed by atoms with E-state index in [0.29, 0.717) is 17.1 Å². The number of allylic oxidation sites excluding steroid dienone is 1. The van der Waals surface area contributed by atoms with Crippen LogP contribution >= 0.6 is 0 Å². The van der Waals surface area contributed by atoms with Crippen LogP contribution in [0.2, 0.25) is 0 Å². The number of hydrogen-bond donors (Lipinski definition) is 0. The summed E-state index contributed by atoms with van der Waals surface area (Å²) < 4.78 is 73.7. The lowest BCUT2D eigenvalue weighted by molar-refractivity contribution is -0.0522. The molecule has 2 rings (SSSR count). The Morgan fingerprint density at radius 3 is 2.18 bits per heavy atom. The summed E-state index contributed by atoms with van der Waals surface area (Å²) in [4.78, 5) is 0. The van der Waals surface area contributed by atoms with Gasteiger partial charge in [-0.3, -0.25) is 0 Å². The van der Waals surface area contributed by atoms with Crippen molar-refractivity contribution in [3.63, 3.8) is 0 Å². The van der Waals surface area contributed by atoms with Crippen molar-refractivity contribution in [1.82, 2.24) is 0 Å². The van der Waals surface area contributed by atoms with Crippen LogP contribution < -0.4 is 9.47 Å². The van der Waals surface area contributed by atoms with Crippen LogP contribution in [0.15, 0.2) is 17.9 Å². The third-order valence-corrected chi connectivity index (χ3v) is 4.14. The van der Waals surface area contributed by atoms with Gasteiger partial charge in [0, 0.05) is 17.5 Å². The molecule has 0 amide bonds. The van der Waals surface area contributed by atoms with Crippen molar-refractivity contribution in [2.75, 3.05) is 14.2 Å². The Morgan fingerprint density at radius 1 is 1.05 bits per heavy atom. The summed E-state index contributed by atoms with van der Waals surface area (Å²) in [5, 5.41) is 0. The Bertz CT molecular complexity index is 707. The maximum Gasteiger partial charge on any atom is 0.534 e. The number of methoxy groups -OCH3 is 2. The molecule has 0 aromatic heterocycles. The van der Waals surface area contributed by atoms with Crippen molar-refractivity contribution in [1.29, 1.82) is 0 Å². The second-order valence-electron chi connectivity index (χ2n) is 4.46. The van der Waals surface area contributed by atoms with Crippen LogP contribution in [0.25, 0.3) is 6.08 Å². The van der Waals surface area contributed by atoms with Crippen LogP contribution in [0, 0.1) is 0 Å². The summed E-state index contributed by atoms with van der Waals surface area (Å²) in [6, 6.07) is 3.25. The molecule has 1 aliphatic carbocycles. The molecule has 0 fully saturated rings. The summed E-state index contributed by atoms with van der Waals surface area (Å²) in [5.74, 6) is 0.641. The highest BCUT2D eigenvalue weighted by molar-refractivity contribution is 7.87. The first-order valence-corrected chi connectivity index (χ1v) is 7.55. The molecular formula is C13H13F3O5S. The van der Waals surface area contributed by atoms with Crippen LogP contribution in [0.4, 0.5) is 13.2 Å². The molecule has 1 aliphatic rings. The predicted octanol–water partition coefficient (Wildman–Crippen LogP) is 2.86. The van der Waals surface area contributed by atoms with E-state index in [1.54, 1.807) is 12.1 Å². The van der Waals surface area contributed by atoms with Crippen LogP contribution in [0.3, 0.4) is 0 Å². The quantitative estimate of drug-likeness (QED) is 0.624. The molecule has 0 bridgehead atoms. The van der Waals surface area contributed by atoms with Gasteiger partial charge in [-0.15, -0.1) is 0 Å². The van der Waals surface area contributed by atoms with Gasteiger partial charge in [-0.05, 0) is 24.6 Å². The second-order valence-corrected chi connectivity index (χ2v) is 5.99. The number of alkyl halides is 3. The van der Waals surface area contributed by atoms with Gasteiger partial charge in [-0.25, -0.2) is 0 Å². The van der Waals surface area contributed by atoms with E-state index >= 15 is 0 Å². The molecule has 0 unspecified atom stereocenters. The minimum absolute atomic E-state index is 0.00579. The maximum atomic E-state index is 12.4. The Morgan fingerprint density at radius 2 is 1.64 bits per heavy atom. The van der Waals surface area contributed by atoms with Gasteiger partial charge >= 0.3 is 15.6 Å². The topological polar surface area (TPSA) is 61.8 Å². The number of fused-ring (bicyclic) bond motifs is 1. The molecule has 0 N–H and O–H groups in total. The lowest BCUT2D eigenvalue weighted by atomic mass is 9.94. The van der Waals surface area contributed by atoms with E-state index in [9.17, 15) is 21.6 Å². The van der Waals surface area contributed by atoms with Crippen molar-refractivity contribution >= 4 is 16.2 Å². The van der Waals surface area contributed by atoms with Gasteiger partial charge in [0.25, 0.3) is 0 Å². The Hall–Kier alpha value is -1.90. The van der Waals surface area contributed by atoms with Crippen molar-refractivity contribution in [3.05, 3.63) is 29.0 Å². The number of benzene rings is 1. The van der Waals surface area contributed by atoms with Crippen LogP contribution in [-0.2, 0) is 20.7 Å². The molecule has 0 spiro atoms. The van der Waals surface area contributed by atoms with Crippen molar-refractivity contribution in [3.8, 4) is 11.5 Å². The highest BCUT2D eigenvalue weighted by Crippen LogP contribution is 2.38. The number of hydrogen-bond acceptors (Lipinski definition) is 5. The summed E-state index contributed by atoms with van der Waals surface area (Å²) in [5.41, 5.74) is -4.30. The van der Waals surface area contributed by atoms with E-state index in [2.05, 4.69) is 4.18 Å². The normalized spacial score (nSPS) is 14.9. The highest BCUT2D eigenvalue weighted by atomic mass is 32.2. The van der Waals surface area contributed by atoms with Gasteiger partial charge in [0.05, 0.1) is 14.2 Å². The largest absolute Gasteiger partial charge is 0.534 e. The van der Waals surface area contributed by atoms with E-state index in [1.807, 2.05) is 0 Å². The molecule has 22 heavy (non-hydrogen) atoms. The standard InChI is InChI=1S/C13H13F3O5S/c1-19-11-5-6-12(20-2)10-7-8(3-4-9(10)11)21-22(17,18)13(14,15)16/h5-7H,3-4H2,1-2H3. The second kappa shape index (κ2) is 5.71. The fourth-order valence-corrected chi connectivity index (χ4v) is 2.65. The van der Waals surface area contributed by atoms with Gasteiger partial charge in [0.15, 0.2) is 0 Å². The molecule has 0 heterocycles. The average Bonchev–Trinajstić information content (AvgIpc) is 2.44. The minimum atomic E-state index is -5.68. The number of rotatable bonds is 4. The zero-order valence-electron chi connectivity index (χ0n) is 11.7. The molecule has 0 saturated heterocycles. The predicted molar refractivity (Wildman–Crippen MR) is 71.9 cm³/mol. The molecule has 1 aromatic carbocycles. The first-order valence-electron chi connectivity index (χ1n) is 6.15. The van der Waals surface area contributed by atoms with E-state index in [0.717, 1.165) is 5.56 Å². The first-order chi connectivity index (χ1) is 10.2. The van der Waals surface area contributed by atoms with Gasteiger partial charge in [0.2, 0.25) is 0 Å². The molecule has 0 aliphatic heterocycles. The molecule has 0 radical (unpaired) electrons. The van der Waals surface area contributed by atoms with E-state index in [4.69, 9.17) is 9.47 Å². The number of halogens is 3. The molecule has 5 nitrogen and oxygen atoms in total. The summed E-state index contributed by atoms with van der Waals surface area (Å²) in [6.45, 7) is 0. The van der Waals surface area contributed by atoms with E-state index in [1.165, 1.54) is 20.3 Å². The zero-order chi connectivity index (χ0) is 16.5. The summed E-state index contributed by atoms with van der Waals surface area (Å²) in [7, 11) is -2.81. The van der Waals surface area contributed by atoms with Gasteiger partial charge < -0.3 is 13.7 Å². The SMILES string of the molecule is COc1ccc(OC)c2c1C=C(OS(=O)(=O)C(F)(F)F)CC2. The Labute approximate surface area is 125 Å². The fraction of sp³-hybridized carbons (Fsp3) is 0.385. The van der Waals surface area contributed by atoms with Gasteiger partial charge in [-0.2, -0.15) is 21.6 Å². The zero-order valence-corrected chi connectivity index (χ0v) is 12.5. The van der Waals surface area contributed by atoms with E-state index < -0.39 is 15.6 Å². The third-order valence-electron chi connectivity index (χ3n) is 3.14. The molecular weight excluding hydrogens is 325 g/mol. The molecule has 122 valence electrons. The molecule has 0 atom stereocenters. The van der Waals surface area contributed by atoms with Gasteiger partial charge in [-0.1, -0.05) is 0 Å². The minimum Gasteiger partial charge on any atom is -0.496 e. The van der Waals surface area contributed by atoms with Crippen LogP contribution in [0.5, 0.6) is 11.5 Å². The van der Waals surface area contributed by atoms with Crippen molar-refractivity contribution in [2.24, 2.45) is 0 Å². The lowest BCUT2D eigenvalue weighted by Crippen LogP contribution is -2.25. The van der Waals surface area contributed by atoms with Crippen LogP contribution in [-0.4, -0.2) is 28.1 Å². The Kier molecular flexibility index (Phi) is 4.28. The highest BCUT2D eigenvalue weighted by Gasteiger charge is 2.49. The monoisotopic (exact) mass is 338 g/mol. The smallest absolute Gasteiger partial charge is 0.496 e. The fourth-order valence-electron chi connectivity index (χ4n) is 2.14. The first kappa shape index (κ1) is 16.5. The molecule has 9 heteroatoms. The summed E-state index contributed by atoms with van der Waals surface area (Å²) >= 11 is 0. The Balaban J connectivity index is 2.43. The van der Waals surface area contributed by atoms with Crippen LogP contribution in [0.1, 0.15) is 17.5 Å². The lowest BCUT2D eigenvalue weighted by Gasteiger charge is -2.21. The van der Waals surface area contributed by atoms with Crippen molar-refractivity contribution in [2.45, 2.75) is 18.3 Å². The third kappa shape index (κ3) is 2.99. The maximum absolute atomic E-state index is 12.4. The average molecular weight is 338 g/mol. The molecule has 0 saturated carbocycles. The number of ether oxygens (including phenoxy) is 2. The van der Waals surface area contributed by atoms with Crippen molar-refractivity contribution < 1.29 is 35.2 Å². The summed E-state index contributed by atoms with van der Waals surface area (Å²) in [6.07, 6.45) is 1.50. The molecule has 1 aromatic rings. The van der Waals surface area contributed by atoms with E-state index in [-0.39, 0.29) is 18.6 Å².